The SMILES string of the molecule is C[N+](=O)c1cccc(Cn2c(CN3CCOCC3)nc3ccccc32)c1. The first-order chi connectivity index (χ1) is 12.7. The Hall–Kier alpha value is -2.57. The van der Waals surface area contributed by atoms with E-state index in [9.17, 15) is 4.91 Å². The number of benzene rings is 2. The molecule has 26 heavy (non-hydrogen) atoms. The molecule has 0 aliphatic carbocycles. The summed E-state index contributed by atoms with van der Waals surface area (Å²) in [6, 6.07) is 16.0. The first kappa shape index (κ1) is 16.9. The minimum absolute atomic E-state index is 0.668. The highest BCUT2D eigenvalue weighted by atomic mass is 16.5. The van der Waals surface area contributed by atoms with E-state index in [-0.39, 0.29) is 0 Å². The molecule has 0 saturated carbocycles. The summed E-state index contributed by atoms with van der Waals surface area (Å²) in [5.74, 6) is 1.05. The van der Waals surface area contributed by atoms with Crippen LogP contribution in [0, 0.1) is 4.91 Å². The lowest BCUT2D eigenvalue weighted by Crippen LogP contribution is -2.36. The Morgan fingerprint density at radius 3 is 2.69 bits per heavy atom. The topological polar surface area (TPSA) is 50.4 Å². The summed E-state index contributed by atoms with van der Waals surface area (Å²) in [6.45, 7) is 4.91. The summed E-state index contributed by atoms with van der Waals surface area (Å²) in [6.07, 6.45) is 0. The Labute approximate surface area is 152 Å². The van der Waals surface area contributed by atoms with Crippen LogP contribution in [-0.4, -0.2) is 52.6 Å². The number of nitroso groups, excluding NO2 is 1. The summed E-state index contributed by atoms with van der Waals surface area (Å²) >= 11 is 0. The molecule has 0 amide bonds. The molecule has 0 spiro atoms. The Balaban J connectivity index is 1.69. The maximum Gasteiger partial charge on any atom is 0.255 e. The molecule has 2 aromatic carbocycles. The minimum Gasteiger partial charge on any atom is -0.379 e. The molecule has 2 heterocycles. The summed E-state index contributed by atoms with van der Waals surface area (Å²) < 4.78 is 8.61. The molecule has 3 aromatic rings. The van der Waals surface area contributed by atoms with E-state index in [4.69, 9.17) is 9.72 Å². The normalized spacial score (nSPS) is 15.4. The lowest BCUT2D eigenvalue weighted by atomic mass is 10.2. The lowest BCUT2D eigenvalue weighted by molar-refractivity contribution is -0.428. The monoisotopic (exact) mass is 351 g/mol. The smallest absolute Gasteiger partial charge is 0.255 e. The second-order valence-electron chi connectivity index (χ2n) is 6.66. The summed E-state index contributed by atoms with van der Waals surface area (Å²) in [7, 11) is 1.52. The second-order valence-corrected chi connectivity index (χ2v) is 6.66. The van der Waals surface area contributed by atoms with Gasteiger partial charge in [-0.15, -0.1) is 0 Å². The number of hydrogen-bond donors (Lipinski definition) is 0. The van der Waals surface area contributed by atoms with Gasteiger partial charge in [0.15, 0.2) is 7.05 Å². The van der Waals surface area contributed by atoms with Crippen molar-refractivity contribution in [2.24, 2.45) is 0 Å². The van der Waals surface area contributed by atoms with Crippen molar-refractivity contribution in [1.29, 1.82) is 0 Å². The van der Waals surface area contributed by atoms with Crippen LogP contribution in [0.1, 0.15) is 11.4 Å². The minimum atomic E-state index is 0.668. The number of imidazole rings is 1. The van der Waals surface area contributed by atoms with Crippen molar-refractivity contribution in [1.82, 2.24) is 14.5 Å². The van der Waals surface area contributed by atoms with Crippen LogP contribution in [0.5, 0.6) is 0 Å². The average Bonchev–Trinajstić information content (AvgIpc) is 3.00. The molecule has 6 nitrogen and oxygen atoms in total. The van der Waals surface area contributed by atoms with Crippen LogP contribution in [0.4, 0.5) is 5.69 Å². The van der Waals surface area contributed by atoms with Gasteiger partial charge in [-0.05, 0) is 17.7 Å². The van der Waals surface area contributed by atoms with Gasteiger partial charge in [0.1, 0.15) is 5.82 Å². The van der Waals surface area contributed by atoms with Gasteiger partial charge < -0.3 is 9.30 Å². The molecule has 4 rings (SSSR count). The maximum absolute atomic E-state index is 11.6. The van der Waals surface area contributed by atoms with E-state index in [1.54, 1.807) is 0 Å². The lowest BCUT2D eigenvalue weighted by Gasteiger charge is -2.26. The largest absolute Gasteiger partial charge is 0.379 e. The Bertz CT molecular complexity index is 928. The van der Waals surface area contributed by atoms with E-state index < -0.39 is 0 Å². The Morgan fingerprint density at radius 2 is 1.88 bits per heavy atom. The molecule has 6 heteroatoms. The van der Waals surface area contributed by atoms with Gasteiger partial charge in [0.2, 0.25) is 0 Å². The zero-order chi connectivity index (χ0) is 17.9. The van der Waals surface area contributed by atoms with Crippen LogP contribution < -0.4 is 0 Å². The van der Waals surface area contributed by atoms with Crippen LogP contribution >= 0.6 is 0 Å². The molecular formula is C20H23N4O2+. The first-order valence-corrected chi connectivity index (χ1v) is 8.95. The van der Waals surface area contributed by atoms with Crippen LogP contribution in [0.15, 0.2) is 48.5 Å². The number of hydrogen-bond acceptors (Lipinski definition) is 4. The van der Waals surface area contributed by atoms with Gasteiger partial charge in [-0.2, -0.15) is 0 Å². The fourth-order valence-corrected chi connectivity index (χ4v) is 3.42. The van der Waals surface area contributed by atoms with E-state index in [0.29, 0.717) is 12.2 Å². The zero-order valence-corrected chi connectivity index (χ0v) is 15.0. The van der Waals surface area contributed by atoms with Gasteiger partial charge in [0.25, 0.3) is 5.69 Å². The number of aromatic nitrogens is 2. The summed E-state index contributed by atoms with van der Waals surface area (Å²) in [5, 5.41) is 0. The van der Waals surface area contributed by atoms with E-state index in [1.165, 1.54) is 7.05 Å². The Morgan fingerprint density at radius 1 is 1.08 bits per heavy atom. The third-order valence-corrected chi connectivity index (χ3v) is 4.82. The number of ether oxygens (including phenoxy) is 1. The molecule has 1 aliphatic heterocycles. The van der Waals surface area contributed by atoms with Gasteiger partial charge in [0, 0.05) is 41.4 Å². The van der Waals surface area contributed by atoms with Gasteiger partial charge >= 0.3 is 0 Å². The van der Waals surface area contributed by atoms with E-state index in [1.807, 2.05) is 30.3 Å². The molecule has 0 atom stereocenters. The van der Waals surface area contributed by atoms with Crippen molar-refractivity contribution in [2.75, 3.05) is 33.4 Å². The van der Waals surface area contributed by atoms with Gasteiger partial charge in [-0.1, -0.05) is 24.3 Å². The average molecular weight is 351 g/mol. The van der Waals surface area contributed by atoms with E-state index in [2.05, 4.69) is 27.7 Å². The van der Waals surface area contributed by atoms with Crippen LogP contribution in [-0.2, 0) is 17.8 Å². The molecule has 1 fully saturated rings. The van der Waals surface area contributed by atoms with Crippen molar-refractivity contribution >= 4 is 16.7 Å². The molecule has 0 bridgehead atoms. The maximum atomic E-state index is 11.6. The third-order valence-electron chi connectivity index (χ3n) is 4.82. The zero-order valence-electron chi connectivity index (χ0n) is 15.0. The van der Waals surface area contributed by atoms with Crippen molar-refractivity contribution in [2.45, 2.75) is 13.1 Å². The number of nitrogens with zero attached hydrogens (tertiary/aromatic N) is 4. The fourth-order valence-electron chi connectivity index (χ4n) is 3.42. The molecule has 1 saturated heterocycles. The molecular weight excluding hydrogens is 328 g/mol. The van der Waals surface area contributed by atoms with E-state index in [0.717, 1.165) is 60.0 Å². The molecule has 0 radical (unpaired) electrons. The van der Waals surface area contributed by atoms with Crippen LogP contribution in [0.3, 0.4) is 0 Å². The van der Waals surface area contributed by atoms with Crippen LogP contribution in [0.2, 0.25) is 0 Å². The van der Waals surface area contributed by atoms with Crippen molar-refractivity contribution in [3.05, 3.63) is 64.8 Å². The highest BCUT2D eigenvalue weighted by Gasteiger charge is 2.17. The van der Waals surface area contributed by atoms with Crippen LogP contribution in [0.25, 0.3) is 11.0 Å². The molecule has 1 aromatic heterocycles. The molecule has 0 unspecified atom stereocenters. The molecule has 1 aliphatic rings. The van der Waals surface area contributed by atoms with Gasteiger partial charge in [0.05, 0.1) is 30.8 Å². The third kappa shape index (κ3) is 3.52. The Kier molecular flexibility index (Phi) is 4.77. The first-order valence-electron chi connectivity index (χ1n) is 8.95. The predicted molar refractivity (Wildman–Crippen MR) is 101 cm³/mol. The fraction of sp³-hybridized carbons (Fsp3) is 0.350. The van der Waals surface area contributed by atoms with E-state index >= 15 is 0 Å². The highest BCUT2D eigenvalue weighted by Crippen LogP contribution is 2.21. The quantitative estimate of drug-likeness (QED) is 0.663. The number of fused-ring (bicyclic) bond motifs is 1. The second kappa shape index (κ2) is 7.35. The van der Waals surface area contributed by atoms with Crippen molar-refractivity contribution in [3.63, 3.8) is 0 Å². The number of morpholine rings is 1. The number of para-hydroxylation sites is 2. The van der Waals surface area contributed by atoms with Gasteiger partial charge in [-0.25, -0.2) is 4.98 Å². The summed E-state index contributed by atoms with van der Waals surface area (Å²) in [5.41, 5.74) is 3.89. The highest BCUT2D eigenvalue weighted by molar-refractivity contribution is 5.76. The summed E-state index contributed by atoms with van der Waals surface area (Å²) in [4.78, 5) is 18.9. The van der Waals surface area contributed by atoms with Crippen molar-refractivity contribution < 1.29 is 9.50 Å². The van der Waals surface area contributed by atoms with Crippen molar-refractivity contribution in [3.8, 4) is 0 Å². The molecule has 0 N–H and O–H groups in total. The number of rotatable bonds is 5. The van der Waals surface area contributed by atoms with Gasteiger partial charge in [-0.3, -0.25) is 4.90 Å². The molecule has 134 valence electrons. The standard InChI is InChI=1S/C20H23N4O2/c1-22(25)17-6-4-5-16(13-17)14-24-19-8-3-2-7-18(19)21-20(24)15-23-9-11-26-12-10-23/h2-8,13H,9-12,14-15H2,1H3/q+1. The predicted octanol–water partition coefficient (Wildman–Crippen LogP) is 2.96.